The first-order valence-corrected chi connectivity index (χ1v) is 4.38. The van der Waals surface area contributed by atoms with Crippen molar-refractivity contribution in [1.82, 2.24) is 4.98 Å². The van der Waals surface area contributed by atoms with Gasteiger partial charge < -0.3 is 9.84 Å². The Hall–Kier alpha value is -0.464. The average molecular weight is 243 g/mol. The molecule has 0 saturated heterocycles. The van der Waals surface area contributed by atoms with E-state index >= 15 is 0 Å². The van der Waals surface area contributed by atoms with Crippen molar-refractivity contribution >= 4 is 68.3 Å². The zero-order valence-corrected chi connectivity index (χ0v) is 8.10. The maximum absolute atomic E-state index is 10.9. The number of benzene rings is 1. The number of carbonyl (C=O) groups is 1. The van der Waals surface area contributed by atoms with Crippen LogP contribution in [-0.4, -0.2) is 74.6 Å². The van der Waals surface area contributed by atoms with Crippen LogP contribution in [0.15, 0.2) is 30.5 Å². The summed E-state index contributed by atoms with van der Waals surface area (Å²) in [6.45, 7) is 0. The molecule has 2 aromatic rings. The Morgan fingerprint density at radius 2 is 2.12 bits per heavy atom. The van der Waals surface area contributed by atoms with Crippen LogP contribution in [0.2, 0.25) is 0 Å². The van der Waals surface area contributed by atoms with Gasteiger partial charge in [0.1, 0.15) is 5.75 Å². The number of aromatic nitrogens is 1. The standard InChI is InChI=1S/C11H9NO3.K.H/c1-15-7-2-3-10-9(6-7)8(11(13)14)4-5-12-10;;/h2-6H,1H3,(H,13,14);;. The quantitative estimate of drug-likeness (QED) is 0.807. The third kappa shape index (κ3) is 2.61. The Balaban J connectivity index is 0.00000128. The molecule has 1 aromatic carbocycles. The molecule has 0 aliphatic rings. The number of methoxy groups -OCH3 is 1. The van der Waals surface area contributed by atoms with Gasteiger partial charge in [0.05, 0.1) is 18.2 Å². The van der Waals surface area contributed by atoms with Crippen molar-refractivity contribution in [2.45, 2.75) is 0 Å². The number of ether oxygens (including phenoxy) is 1. The van der Waals surface area contributed by atoms with Crippen molar-refractivity contribution in [2.24, 2.45) is 0 Å². The molecule has 1 aromatic heterocycles. The van der Waals surface area contributed by atoms with Gasteiger partial charge in [0, 0.05) is 11.6 Å². The monoisotopic (exact) mass is 243 g/mol. The van der Waals surface area contributed by atoms with E-state index in [0.717, 1.165) is 0 Å². The van der Waals surface area contributed by atoms with Crippen LogP contribution in [0.25, 0.3) is 10.9 Å². The Morgan fingerprint density at radius 3 is 2.75 bits per heavy atom. The summed E-state index contributed by atoms with van der Waals surface area (Å²) in [7, 11) is 1.54. The normalized spacial score (nSPS) is 9.56. The Labute approximate surface area is 135 Å². The molecule has 0 radical (unpaired) electrons. The first-order chi connectivity index (χ1) is 7.22. The molecule has 0 aliphatic heterocycles. The van der Waals surface area contributed by atoms with Crippen LogP contribution < -0.4 is 4.74 Å². The second-order valence-electron chi connectivity index (χ2n) is 3.05. The van der Waals surface area contributed by atoms with Crippen LogP contribution >= 0.6 is 0 Å². The first-order valence-electron chi connectivity index (χ1n) is 4.38. The van der Waals surface area contributed by atoms with Crippen molar-refractivity contribution in [2.75, 3.05) is 7.11 Å². The van der Waals surface area contributed by atoms with E-state index < -0.39 is 5.97 Å². The molecule has 0 fully saturated rings. The third-order valence-electron chi connectivity index (χ3n) is 2.18. The number of hydrogen-bond donors (Lipinski definition) is 1. The molecule has 4 nitrogen and oxygen atoms in total. The van der Waals surface area contributed by atoms with Gasteiger partial charge in [-0.3, -0.25) is 4.98 Å². The van der Waals surface area contributed by atoms with Crippen molar-refractivity contribution in [1.29, 1.82) is 0 Å². The maximum atomic E-state index is 10.9. The molecule has 1 N–H and O–H groups in total. The second-order valence-corrected chi connectivity index (χ2v) is 3.05. The van der Waals surface area contributed by atoms with Gasteiger partial charge >= 0.3 is 57.4 Å². The molecule has 78 valence electrons. The molecule has 0 aliphatic carbocycles. The van der Waals surface area contributed by atoms with E-state index in [-0.39, 0.29) is 56.9 Å². The predicted octanol–water partition coefficient (Wildman–Crippen LogP) is 1.29. The average Bonchev–Trinajstić information content (AvgIpc) is 2.27. The van der Waals surface area contributed by atoms with Gasteiger partial charge in [-0.2, -0.15) is 0 Å². The van der Waals surface area contributed by atoms with Crippen LogP contribution in [0.1, 0.15) is 10.4 Å². The Morgan fingerprint density at radius 1 is 1.38 bits per heavy atom. The fourth-order valence-corrected chi connectivity index (χ4v) is 1.44. The summed E-state index contributed by atoms with van der Waals surface area (Å²) in [6.07, 6.45) is 1.48. The van der Waals surface area contributed by atoms with Crippen LogP contribution in [-0.2, 0) is 0 Å². The Kier molecular flexibility index (Phi) is 4.88. The van der Waals surface area contributed by atoms with E-state index in [2.05, 4.69) is 4.98 Å². The van der Waals surface area contributed by atoms with E-state index in [1.54, 1.807) is 18.2 Å². The van der Waals surface area contributed by atoms with E-state index in [4.69, 9.17) is 9.84 Å². The topological polar surface area (TPSA) is 59.4 Å². The molecular weight excluding hydrogens is 233 g/mol. The number of carboxylic acid groups (broad SMARTS) is 1. The number of pyridine rings is 1. The first kappa shape index (κ1) is 13.6. The van der Waals surface area contributed by atoms with E-state index in [0.29, 0.717) is 16.7 Å². The van der Waals surface area contributed by atoms with Crippen molar-refractivity contribution in [3.8, 4) is 5.75 Å². The fraction of sp³-hybridized carbons (Fsp3) is 0.0909. The van der Waals surface area contributed by atoms with Crippen molar-refractivity contribution in [3.63, 3.8) is 0 Å². The van der Waals surface area contributed by atoms with E-state index in [1.165, 1.54) is 19.4 Å². The molecule has 0 unspecified atom stereocenters. The minimum absolute atomic E-state index is 0. The molecular formula is C11H10KNO3. The second kappa shape index (κ2) is 5.74. The zero-order valence-electron chi connectivity index (χ0n) is 8.10. The molecule has 0 amide bonds. The molecule has 0 saturated carbocycles. The van der Waals surface area contributed by atoms with Crippen LogP contribution in [0.4, 0.5) is 0 Å². The minimum atomic E-state index is -0.962. The summed E-state index contributed by atoms with van der Waals surface area (Å²) in [5.41, 5.74) is 0.884. The number of carboxylic acids is 1. The number of nitrogens with zero attached hydrogens (tertiary/aromatic N) is 1. The predicted molar refractivity (Wildman–Crippen MR) is 62.4 cm³/mol. The van der Waals surface area contributed by atoms with Crippen molar-refractivity contribution in [3.05, 3.63) is 36.0 Å². The number of aromatic carboxylic acids is 1. The third-order valence-corrected chi connectivity index (χ3v) is 2.18. The van der Waals surface area contributed by atoms with Crippen molar-refractivity contribution < 1.29 is 14.6 Å². The van der Waals surface area contributed by atoms with Gasteiger partial charge in [-0.05, 0) is 24.3 Å². The van der Waals surface area contributed by atoms with Gasteiger partial charge in [-0.15, -0.1) is 0 Å². The van der Waals surface area contributed by atoms with Crippen LogP contribution in [0, 0.1) is 0 Å². The van der Waals surface area contributed by atoms with Gasteiger partial charge in [-0.25, -0.2) is 4.79 Å². The fourth-order valence-electron chi connectivity index (χ4n) is 1.44. The summed E-state index contributed by atoms with van der Waals surface area (Å²) >= 11 is 0. The van der Waals surface area contributed by atoms with Crippen LogP contribution in [0.5, 0.6) is 5.75 Å². The molecule has 0 atom stereocenters. The summed E-state index contributed by atoms with van der Waals surface area (Å²) in [5.74, 6) is -0.339. The van der Waals surface area contributed by atoms with E-state index in [1.807, 2.05) is 0 Å². The summed E-state index contributed by atoms with van der Waals surface area (Å²) in [4.78, 5) is 15.0. The molecule has 5 heteroatoms. The SMILES string of the molecule is COc1ccc2nccc(C(=O)O)c2c1.[KH]. The summed E-state index contributed by atoms with van der Waals surface area (Å²) in [5, 5.41) is 9.57. The van der Waals surface area contributed by atoms with E-state index in [9.17, 15) is 4.79 Å². The number of rotatable bonds is 2. The molecule has 2 rings (SSSR count). The molecule has 0 spiro atoms. The summed E-state index contributed by atoms with van der Waals surface area (Å²) < 4.78 is 5.04. The van der Waals surface area contributed by atoms with Gasteiger partial charge in [-0.1, -0.05) is 0 Å². The van der Waals surface area contributed by atoms with Gasteiger partial charge in [0.2, 0.25) is 0 Å². The van der Waals surface area contributed by atoms with Crippen LogP contribution in [0.3, 0.4) is 0 Å². The zero-order chi connectivity index (χ0) is 10.8. The Bertz CT molecular complexity index is 528. The number of hydrogen-bond acceptors (Lipinski definition) is 3. The number of fused-ring (bicyclic) bond motifs is 1. The molecule has 16 heavy (non-hydrogen) atoms. The van der Waals surface area contributed by atoms with Gasteiger partial charge in [0.25, 0.3) is 0 Å². The summed E-state index contributed by atoms with van der Waals surface area (Å²) in [6, 6.07) is 6.64. The molecule has 0 bridgehead atoms. The van der Waals surface area contributed by atoms with Gasteiger partial charge in [0.15, 0.2) is 0 Å². The molecule has 1 heterocycles.